The van der Waals surface area contributed by atoms with Gasteiger partial charge < -0.3 is 5.73 Å². The van der Waals surface area contributed by atoms with E-state index >= 15 is 0 Å². The summed E-state index contributed by atoms with van der Waals surface area (Å²) in [4.78, 5) is 0. The van der Waals surface area contributed by atoms with Crippen LogP contribution < -0.4 is 5.73 Å². The van der Waals surface area contributed by atoms with Crippen molar-refractivity contribution in [2.45, 2.75) is 144 Å². The molecule has 0 aromatic heterocycles. The van der Waals surface area contributed by atoms with Gasteiger partial charge in [-0.15, -0.1) is 0 Å². The highest BCUT2D eigenvalue weighted by atomic mass is 14.7. The lowest BCUT2D eigenvalue weighted by Gasteiger charge is -2.60. The van der Waals surface area contributed by atoms with Crippen molar-refractivity contribution in [3.8, 4) is 0 Å². The van der Waals surface area contributed by atoms with E-state index < -0.39 is 0 Å². The van der Waals surface area contributed by atoms with Gasteiger partial charge in [0.1, 0.15) is 0 Å². The third kappa shape index (κ3) is 5.85. The van der Waals surface area contributed by atoms with Gasteiger partial charge in [0, 0.05) is 6.04 Å². The maximum Gasteiger partial charge on any atom is 0.00418 e. The van der Waals surface area contributed by atoms with Crippen LogP contribution in [0.25, 0.3) is 0 Å². The average molecular weight is 420 g/mol. The molecular weight excluding hydrogens is 362 g/mol. The van der Waals surface area contributed by atoms with E-state index in [9.17, 15) is 0 Å². The Morgan fingerprint density at radius 2 is 1.60 bits per heavy atom. The van der Waals surface area contributed by atoms with Gasteiger partial charge in [-0.3, -0.25) is 0 Å². The summed E-state index contributed by atoms with van der Waals surface area (Å²) in [7, 11) is 0. The molecule has 4 aliphatic rings. The predicted octanol–water partition coefficient (Wildman–Crippen LogP) is 9.00. The highest BCUT2D eigenvalue weighted by Gasteiger charge is 2.57. The molecule has 4 saturated carbocycles. The molecule has 0 aromatic carbocycles. The normalized spacial score (nSPS) is 42.1. The molecule has 1 heteroatoms. The Bertz CT molecular complexity index is 485. The van der Waals surface area contributed by atoms with Crippen LogP contribution in [-0.4, -0.2) is 6.04 Å². The minimum Gasteiger partial charge on any atom is -0.328 e. The lowest BCUT2D eigenvalue weighted by Crippen LogP contribution is -2.53. The fourth-order valence-electron chi connectivity index (χ4n) is 8.09. The molecule has 30 heavy (non-hydrogen) atoms. The maximum atomic E-state index is 6.28. The summed E-state index contributed by atoms with van der Waals surface area (Å²) >= 11 is 0. The molecule has 4 rings (SSSR count). The molecule has 0 amide bonds. The van der Waals surface area contributed by atoms with Gasteiger partial charge in [0.05, 0.1) is 0 Å². The fraction of sp³-hybridized carbons (Fsp3) is 1.00. The SMILES string of the molecule is CC.CC12CCCC1C1CCC3C[C@H](N)CCC3(C)C1CC2.CCCCCC(C)C. The molecular formula is C29H57N. The fourth-order valence-corrected chi connectivity index (χ4v) is 8.09. The van der Waals surface area contributed by atoms with Crippen LogP contribution in [0.4, 0.5) is 0 Å². The Hall–Kier alpha value is -0.0400. The van der Waals surface area contributed by atoms with E-state index in [-0.39, 0.29) is 0 Å². The second kappa shape index (κ2) is 11.7. The topological polar surface area (TPSA) is 26.0 Å². The molecule has 7 atom stereocenters. The van der Waals surface area contributed by atoms with Crippen LogP contribution in [0.2, 0.25) is 0 Å². The van der Waals surface area contributed by atoms with Crippen molar-refractivity contribution in [2.75, 3.05) is 0 Å². The zero-order valence-corrected chi connectivity index (χ0v) is 21.9. The summed E-state index contributed by atoms with van der Waals surface area (Å²) in [5.74, 6) is 5.01. The van der Waals surface area contributed by atoms with Crippen molar-refractivity contribution in [3.05, 3.63) is 0 Å². The van der Waals surface area contributed by atoms with E-state index in [0.717, 1.165) is 35.0 Å². The molecule has 0 spiro atoms. The average Bonchev–Trinajstić information content (AvgIpc) is 3.12. The van der Waals surface area contributed by atoms with Gasteiger partial charge in [0.15, 0.2) is 0 Å². The lowest BCUT2D eigenvalue weighted by molar-refractivity contribution is -0.105. The second-order valence-corrected chi connectivity index (χ2v) is 12.2. The molecule has 0 aromatic rings. The standard InChI is InChI=1S/C19H33N.C8H18.C2H6/c1-18-9-3-4-16(18)15-6-5-13-12-14(20)7-11-19(13,2)17(15)8-10-18;1-4-5-6-7-8(2)3;1-2/h13-17H,3-12,20H2,1-2H3;8H,4-7H2,1-3H3;1-2H3/t13?,14-,15?,16?,17?,18?,19?;;/m1../s1. The van der Waals surface area contributed by atoms with Crippen molar-refractivity contribution < 1.29 is 0 Å². The highest BCUT2D eigenvalue weighted by Crippen LogP contribution is 2.66. The Balaban J connectivity index is 0.000000274. The lowest BCUT2D eigenvalue weighted by atomic mass is 9.45. The van der Waals surface area contributed by atoms with E-state index in [4.69, 9.17) is 5.73 Å². The smallest absolute Gasteiger partial charge is 0.00418 e. The Morgan fingerprint density at radius 3 is 2.27 bits per heavy atom. The van der Waals surface area contributed by atoms with Crippen molar-refractivity contribution >= 4 is 0 Å². The van der Waals surface area contributed by atoms with Crippen LogP contribution in [0.3, 0.4) is 0 Å². The van der Waals surface area contributed by atoms with E-state index in [2.05, 4.69) is 34.6 Å². The second-order valence-electron chi connectivity index (χ2n) is 12.2. The number of hydrogen-bond acceptors (Lipinski definition) is 1. The minimum atomic E-state index is 0.505. The summed E-state index contributed by atoms with van der Waals surface area (Å²) in [5, 5.41) is 0. The van der Waals surface area contributed by atoms with Crippen molar-refractivity contribution in [1.82, 2.24) is 0 Å². The largest absolute Gasteiger partial charge is 0.328 e. The van der Waals surface area contributed by atoms with Gasteiger partial charge in [0.25, 0.3) is 0 Å². The van der Waals surface area contributed by atoms with Crippen molar-refractivity contribution in [2.24, 2.45) is 46.2 Å². The number of fused-ring (bicyclic) bond motifs is 5. The first-order chi connectivity index (χ1) is 14.3. The molecule has 4 aliphatic carbocycles. The van der Waals surface area contributed by atoms with E-state index in [1.54, 1.807) is 0 Å². The zero-order chi connectivity index (χ0) is 22.4. The number of unbranched alkanes of at least 4 members (excludes halogenated alkanes) is 2. The van der Waals surface area contributed by atoms with Gasteiger partial charge in [-0.1, -0.05) is 80.6 Å². The van der Waals surface area contributed by atoms with Gasteiger partial charge in [-0.2, -0.15) is 0 Å². The van der Waals surface area contributed by atoms with E-state index in [1.165, 1.54) is 89.9 Å². The Kier molecular flexibility index (Phi) is 10.2. The first-order valence-corrected chi connectivity index (χ1v) is 14.1. The molecule has 4 fully saturated rings. The Morgan fingerprint density at radius 1 is 0.867 bits per heavy atom. The third-order valence-electron chi connectivity index (χ3n) is 9.87. The monoisotopic (exact) mass is 419 g/mol. The van der Waals surface area contributed by atoms with Gasteiger partial charge >= 0.3 is 0 Å². The quantitative estimate of drug-likeness (QED) is 0.452. The zero-order valence-electron chi connectivity index (χ0n) is 21.9. The number of nitrogens with two attached hydrogens (primary N) is 1. The van der Waals surface area contributed by atoms with E-state index in [0.29, 0.717) is 11.5 Å². The molecule has 178 valence electrons. The van der Waals surface area contributed by atoms with Crippen LogP contribution in [0.5, 0.6) is 0 Å². The molecule has 0 heterocycles. The third-order valence-corrected chi connectivity index (χ3v) is 9.87. The summed E-state index contributed by atoms with van der Waals surface area (Å²) in [6.07, 6.45) is 20.3. The predicted molar refractivity (Wildman–Crippen MR) is 135 cm³/mol. The van der Waals surface area contributed by atoms with Crippen LogP contribution in [-0.2, 0) is 0 Å². The van der Waals surface area contributed by atoms with Crippen molar-refractivity contribution in [3.63, 3.8) is 0 Å². The van der Waals surface area contributed by atoms with Crippen LogP contribution in [0.15, 0.2) is 0 Å². The van der Waals surface area contributed by atoms with Crippen LogP contribution >= 0.6 is 0 Å². The Labute approximate surface area is 190 Å². The van der Waals surface area contributed by atoms with Crippen LogP contribution in [0, 0.1) is 40.4 Å². The first-order valence-electron chi connectivity index (χ1n) is 14.1. The van der Waals surface area contributed by atoms with E-state index in [1.807, 2.05) is 13.8 Å². The summed E-state index contributed by atoms with van der Waals surface area (Å²) < 4.78 is 0. The first kappa shape index (κ1) is 26.2. The molecule has 1 nitrogen and oxygen atoms in total. The maximum absolute atomic E-state index is 6.28. The molecule has 0 radical (unpaired) electrons. The molecule has 0 saturated heterocycles. The summed E-state index contributed by atoms with van der Waals surface area (Å²) in [6, 6.07) is 0.505. The highest BCUT2D eigenvalue weighted by molar-refractivity contribution is 5.07. The minimum absolute atomic E-state index is 0.505. The molecule has 0 aliphatic heterocycles. The number of rotatable bonds is 4. The van der Waals surface area contributed by atoms with Gasteiger partial charge in [-0.25, -0.2) is 0 Å². The van der Waals surface area contributed by atoms with Gasteiger partial charge in [0.2, 0.25) is 0 Å². The van der Waals surface area contributed by atoms with Crippen LogP contribution in [0.1, 0.15) is 138 Å². The van der Waals surface area contributed by atoms with Crippen molar-refractivity contribution in [1.29, 1.82) is 0 Å². The summed E-state index contributed by atoms with van der Waals surface area (Å²) in [5.41, 5.74) is 7.63. The van der Waals surface area contributed by atoms with Gasteiger partial charge in [-0.05, 0) is 98.2 Å². The summed E-state index contributed by atoms with van der Waals surface area (Å²) in [6.45, 7) is 16.1. The molecule has 2 N–H and O–H groups in total. The number of hydrogen-bond donors (Lipinski definition) is 1. The molecule has 0 bridgehead atoms. The molecule has 6 unspecified atom stereocenters.